The van der Waals surface area contributed by atoms with E-state index in [2.05, 4.69) is 5.32 Å². The van der Waals surface area contributed by atoms with Gasteiger partial charge in [-0.3, -0.25) is 0 Å². The van der Waals surface area contributed by atoms with Crippen molar-refractivity contribution in [2.24, 2.45) is 0 Å². The number of rotatable bonds is 6. The van der Waals surface area contributed by atoms with Crippen LogP contribution in [0.1, 0.15) is 13.3 Å². The van der Waals surface area contributed by atoms with Crippen LogP contribution in [0.15, 0.2) is 24.3 Å². The molecule has 5 heteroatoms. The maximum absolute atomic E-state index is 11.3. The van der Waals surface area contributed by atoms with E-state index in [-0.39, 0.29) is 0 Å². The van der Waals surface area contributed by atoms with Crippen molar-refractivity contribution in [1.29, 1.82) is 0 Å². The molecule has 0 bridgehead atoms. The smallest absolute Gasteiger partial charge is 0.329 e. The zero-order valence-corrected chi connectivity index (χ0v) is 10.6. The van der Waals surface area contributed by atoms with Crippen molar-refractivity contribution in [2.45, 2.75) is 18.9 Å². The molecule has 4 nitrogen and oxygen atoms in total. The van der Waals surface area contributed by atoms with E-state index >= 15 is 0 Å². The standard InChI is InChI=1S/C12H16ClNO3/c1-12(11(15)16,7-8-17-2)14-10-5-3-9(13)4-6-10/h3-6,14H,7-8H2,1-2H3,(H,15,16). The van der Waals surface area contributed by atoms with Crippen LogP contribution >= 0.6 is 11.6 Å². The number of carboxylic acids is 1. The monoisotopic (exact) mass is 257 g/mol. The molecule has 0 aromatic heterocycles. The molecule has 0 amide bonds. The second-order valence-corrected chi connectivity index (χ2v) is 4.45. The first-order chi connectivity index (χ1) is 7.98. The molecule has 0 radical (unpaired) electrons. The number of aliphatic carboxylic acids is 1. The van der Waals surface area contributed by atoms with Crippen LogP contribution in [0.3, 0.4) is 0 Å². The van der Waals surface area contributed by atoms with Gasteiger partial charge in [0.2, 0.25) is 0 Å². The number of benzene rings is 1. The summed E-state index contributed by atoms with van der Waals surface area (Å²) in [4.78, 5) is 11.3. The molecule has 0 aliphatic heterocycles. The Morgan fingerprint density at radius 1 is 1.47 bits per heavy atom. The minimum Gasteiger partial charge on any atom is -0.480 e. The normalized spacial score (nSPS) is 14.1. The lowest BCUT2D eigenvalue weighted by Gasteiger charge is -2.27. The molecule has 2 N–H and O–H groups in total. The third kappa shape index (κ3) is 3.91. The summed E-state index contributed by atoms with van der Waals surface area (Å²) in [5, 5.41) is 12.8. The van der Waals surface area contributed by atoms with E-state index in [1.807, 2.05) is 0 Å². The Kier molecular flexibility index (Phi) is 4.78. The van der Waals surface area contributed by atoms with Gasteiger partial charge in [-0.15, -0.1) is 0 Å². The van der Waals surface area contributed by atoms with Crippen molar-refractivity contribution in [3.63, 3.8) is 0 Å². The lowest BCUT2D eigenvalue weighted by molar-refractivity contribution is -0.142. The Morgan fingerprint density at radius 2 is 2.06 bits per heavy atom. The number of hydrogen-bond acceptors (Lipinski definition) is 3. The van der Waals surface area contributed by atoms with Gasteiger partial charge in [-0.05, 0) is 31.2 Å². The number of halogens is 1. The van der Waals surface area contributed by atoms with Crippen LogP contribution in [0.4, 0.5) is 5.69 Å². The number of ether oxygens (including phenoxy) is 1. The maximum atomic E-state index is 11.3. The topological polar surface area (TPSA) is 58.6 Å². The van der Waals surface area contributed by atoms with Crippen molar-refractivity contribution in [3.8, 4) is 0 Å². The number of anilines is 1. The summed E-state index contributed by atoms with van der Waals surface area (Å²) < 4.78 is 4.92. The first-order valence-electron chi connectivity index (χ1n) is 5.24. The molecule has 0 saturated heterocycles. The van der Waals surface area contributed by atoms with E-state index in [4.69, 9.17) is 16.3 Å². The Morgan fingerprint density at radius 3 is 2.53 bits per heavy atom. The number of methoxy groups -OCH3 is 1. The van der Waals surface area contributed by atoms with E-state index in [1.165, 1.54) is 0 Å². The molecule has 0 fully saturated rings. The molecule has 1 rings (SSSR count). The highest BCUT2D eigenvalue weighted by Gasteiger charge is 2.32. The van der Waals surface area contributed by atoms with E-state index in [0.29, 0.717) is 18.1 Å². The van der Waals surface area contributed by atoms with E-state index in [9.17, 15) is 9.90 Å². The van der Waals surface area contributed by atoms with Gasteiger partial charge < -0.3 is 15.2 Å². The van der Waals surface area contributed by atoms with Gasteiger partial charge in [-0.25, -0.2) is 4.79 Å². The van der Waals surface area contributed by atoms with Crippen LogP contribution in [0.5, 0.6) is 0 Å². The summed E-state index contributed by atoms with van der Waals surface area (Å²) in [6, 6.07) is 6.91. The third-order valence-corrected chi connectivity index (χ3v) is 2.79. The van der Waals surface area contributed by atoms with Crippen LogP contribution in [0.2, 0.25) is 5.02 Å². The molecule has 0 heterocycles. The minimum atomic E-state index is -1.05. The van der Waals surface area contributed by atoms with E-state index in [1.54, 1.807) is 38.3 Å². The zero-order chi connectivity index (χ0) is 12.9. The van der Waals surface area contributed by atoms with Crippen LogP contribution in [0.25, 0.3) is 0 Å². The summed E-state index contributed by atoms with van der Waals surface area (Å²) in [5.74, 6) is -0.912. The molecule has 1 aromatic rings. The van der Waals surface area contributed by atoms with Crippen molar-refractivity contribution in [3.05, 3.63) is 29.3 Å². The van der Waals surface area contributed by atoms with Gasteiger partial charge in [-0.1, -0.05) is 11.6 Å². The SMILES string of the molecule is COCCC(C)(Nc1ccc(Cl)cc1)C(=O)O. The van der Waals surface area contributed by atoms with E-state index < -0.39 is 11.5 Å². The predicted molar refractivity (Wildman–Crippen MR) is 67.6 cm³/mol. The van der Waals surface area contributed by atoms with Gasteiger partial charge in [0, 0.05) is 30.8 Å². The van der Waals surface area contributed by atoms with Crippen LogP contribution < -0.4 is 5.32 Å². The van der Waals surface area contributed by atoms with Crippen molar-refractivity contribution >= 4 is 23.3 Å². The largest absolute Gasteiger partial charge is 0.480 e. The Labute approximate surface area is 106 Å². The average molecular weight is 258 g/mol. The van der Waals surface area contributed by atoms with Crippen molar-refractivity contribution in [1.82, 2.24) is 0 Å². The van der Waals surface area contributed by atoms with Gasteiger partial charge in [0.1, 0.15) is 5.54 Å². The van der Waals surface area contributed by atoms with Gasteiger partial charge in [-0.2, -0.15) is 0 Å². The summed E-state index contributed by atoms with van der Waals surface area (Å²) in [6.07, 6.45) is 0.376. The molecule has 1 aromatic carbocycles. The highest BCUT2D eigenvalue weighted by atomic mass is 35.5. The molecule has 17 heavy (non-hydrogen) atoms. The number of carboxylic acid groups (broad SMARTS) is 1. The Bertz CT molecular complexity index is 380. The zero-order valence-electron chi connectivity index (χ0n) is 9.87. The lowest BCUT2D eigenvalue weighted by Crippen LogP contribution is -2.44. The first kappa shape index (κ1) is 13.8. The molecule has 94 valence electrons. The van der Waals surface area contributed by atoms with Crippen LogP contribution in [-0.4, -0.2) is 30.3 Å². The summed E-state index contributed by atoms with van der Waals surface area (Å²) >= 11 is 5.76. The second kappa shape index (κ2) is 5.89. The average Bonchev–Trinajstić information content (AvgIpc) is 2.29. The molecule has 0 spiro atoms. The minimum absolute atomic E-state index is 0.376. The first-order valence-corrected chi connectivity index (χ1v) is 5.62. The Balaban J connectivity index is 2.79. The number of carbonyl (C=O) groups is 1. The fourth-order valence-electron chi connectivity index (χ4n) is 1.38. The second-order valence-electron chi connectivity index (χ2n) is 4.01. The van der Waals surface area contributed by atoms with Crippen LogP contribution in [0, 0.1) is 0 Å². The van der Waals surface area contributed by atoms with Gasteiger partial charge in [0.05, 0.1) is 0 Å². The molecule has 0 aliphatic carbocycles. The van der Waals surface area contributed by atoms with Gasteiger partial charge in [0.25, 0.3) is 0 Å². The summed E-state index contributed by atoms with van der Waals surface area (Å²) in [7, 11) is 1.55. The molecule has 0 saturated carbocycles. The van der Waals surface area contributed by atoms with E-state index in [0.717, 1.165) is 5.69 Å². The van der Waals surface area contributed by atoms with Gasteiger partial charge >= 0.3 is 5.97 Å². The van der Waals surface area contributed by atoms with Gasteiger partial charge in [0.15, 0.2) is 0 Å². The molecule has 0 aliphatic rings. The fourth-order valence-corrected chi connectivity index (χ4v) is 1.51. The van der Waals surface area contributed by atoms with Crippen LogP contribution in [-0.2, 0) is 9.53 Å². The quantitative estimate of drug-likeness (QED) is 0.823. The number of nitrogens with one attached hydrogen (secondary N) is 1. The maximum Gasteiger partial charge on any atom is 0.329 e. The molecular weight excluding hydrogens is 242 g/mol. The molecular formula is C12H16ClNO3. The summed E-state index contributed by atoms with van der Waals surface area (Å²) in [5.41, 5.74) is -0.334. The molecule has 1 atom stereocenters. The lowest BCUT2D eigenvalue weighted by atomic mass is 9.98. The van der Waals surface area contributed by atoms with Crippen molar-refractivity contribution < 1.29 is 14.6 Å². The third-order valence-electron chi connectivity index (χ3n) is 2.54. The van der Waals surface area contributed by atoms with Crippen molar-refractivity contribution in [2.75, 3.05) is 19.0 Å². The highest BCUT2D eigenvalue weighted by Crippen LogP contribution is 2.21. The highest BCUT2D eigenvalue weighted by molar-refractivity contribution is 6.30. The number of hydrogen-bond donors (Lipinski definition) is 2. The predicted octanol–water partition coefficient (Wildman–Crippen LogP) is 2.63. The molecule has 1 unspecified atom stereocenters. The fraction of sp³-hybridized carbons (Fsp3) is 0.417. The Hall–Kier alpha value is -1.26. The summed E-state index contributed by atoms with van der Waals surface area (Å²) in [6.45, 7) is 2.01.